The zero-order valence-corrected chi connectivity index (χ0v) is 18.1. The van der Waals surface area contributed by atoms with Gasteiger partial charge in [0.15, 0.2) is 0 Å². The minimum atomic E-state index is -0.911. The number of aliphatic carboxylic acids is 1. The van der Waals surface area contributed by atoms with Crippen LogP contribution in [0.1, 0.15) is 34.0 Å². The average Bonchev–Trinajstić information content (AvgIpc) is 2.79. The molecule has 2 aromatic carbocycles. The molecule has 32 heavy (non-hydrogen) atoms. The molecule has 0 spiro atoms. The monoisotopic (exact) mass is 433 g/mol. The van der Waals surface area contributed by atoms with E-state index in [1.807, 2.05) is 30.5 Å². The van der Waals surface area contributed by atoms with Crippen molar-refractivity contribution in [1.29, 1.82) is 0 Å². The molecule has 1 aliphatic rings. The van der Waals surface area contributed by atoms with Crippen LogP contribution in [-0.2, 0) is 24.1 Å². The highest BCUT2D eigenvalue weighted by Crippen LogP contribution is 2.31. The van der Waals surface area contributed by atoms with Crippen LogP contribution in [0.25, 0.3) is 0 Å². The van der Waals surface area contributed by atoms with Gasteiger partial charge in [-0.2, -0.15) is 0 Å². The van der Waals surface area contributed by atoms with Gasteiger partial charge in [-0.05, 0) is 66.8 Å². The van der Waals surface area contributed by atoms with Gasteiger partial charge < -0.3 is 15.7 Å². The van der Waals surface area contributed by atoms with Gasteiger partial charge in [0.1, 0.15) is 5.82 Å². The van der Waals surface area contributed by atoms with E-state index in [0.29, 0.717) is 35.6 Å². The molecule has 0 radical (unpaired) electrons. The van der Waals surface area contributed by atoms with Gasteiger partial charge in [0.2, 0.25) is 0 Å². The summed E-state index contributed by atoms with van der Waals surface area (Å²) in [5.74, 6) is -0.899. The largest absolute Gasteiger partial charge is 0.481 e. The van der Waals surface area contributed by atoms with Crippen molar-refractivity contribution in [3.05, 3.63) is 94.6 Å². The second-order valence-corrected chi connectivity index (χ2v) is 8.38. The number of pyridine rings is 1. The molecule has 5 nitrogen and oxygen atoms in total. The fourth-order valence-corrected chi connectivity index (χ4v) is 4.45. The van der Waals surface area contributed by atoms with Gasteiger partial charge in [0, 0.05) is 24.7 Å². The lowest BCUT2D eigenvalue weighted by Gasteiger charge is -2.33. The van der Waals surface area contributed by atoms with E-state index in [0.717, 1.165) is 24.3 Å². The summed E-state index contributed by atoms with van der Waals surface area (Å²) in [5.41, 5.74) is 5.21. The average molecular weight is 434 g/mol. The molecule has 3 aromatic rings. The molecule has 0 unspecified atom stereocenters. The number of anilines is 1. The van der Waals surface area contributed by atoms with Gasteiger partial charge in [-0.3, -0.25) is 9.78 Å². The number of benzene rings is 2. The Kier molecular flexibility index (Phi) is 6.81. The molecule has 0 aliphatic carbocycles. The summed E-state index contributed by atoms with van der Waals surface area (Å²) >= 11 is 0. The fraction of sp³-hybridized carbons (Fsp3) is 0.308. The molecule has 0 saturated heterocycles. The van der Waals surface area contributed by atoms with Crippen molar-refractivity contribution in [2.75, 3.05) is 18.4 Å². The number of hydrogen-bond acceptors (Lipinski definition) is 4. The predicted octanol–water partition coefficient (Wildman–Crippen LogP) is 4.31. The van der Waals surface area contributed by atoms with Crippen molar-refractivity contribution in [3.8, 4) is 0 Å². The Morgan fingerprint density at radius 1 is 1.22 bits per heavy atom. The number of fused-ring (bicyclic) bond motifs is 1. The fourth-order valence-electron chi connectivity index (χ4n) is 4.45. The van der Waals surface area contributed by atoms with Gasteiger partial charge in [-0.15, -0.1) is 0 Å². The smallest absolute Gasteiger partial charge is 0.307 e. The molecule has 0 bridgehead atoms. The molecule has 1 aliphatic heterocycles. The maximum Gasteiger partial charge on any atom is 0.307 e. The first-order chi connectivity index (χ1) is 15.5. The third kappa shape index (κ3) is 5.14. The number of halogens is 1. The van der Waals surface area contributed by atoms with Gasteiger partial charge in [0.05, 0.1) is 17.8 Å². The Hall–Kier alpha value is -3.25. The van der Waals surface area contributed by atoms with Crippen LogP contribution in [0.4, 0.5) is 10.1 Å². The molecule has 6 heteroatoms. The SMILES string of the molecule is Cc1cc(F)c(CCN[C@H](c2ccccc2)[C@H]2CNc3cccnc3C2)cc1CC(=O)O. The maximum absolute atomic E-state index is 14.5. The maximum atomic E-state index is 14.5. The molecule has 2 atom stereocenters. The summed E-state index contributed by atoms with van der Waals surface area (Å²) in [7, 11) is 0. The lowest BCUT2D eigenvalue weighted by molar-refractivity contribution is -0.136. The van der Waals surface area contributed by atoms with E-state index in [1.54, 1.807) is 13.0 Å². The molecular formula is C26H28FN3O2. The quantitative estimate of drug-likeness (QED) is 0.494. The van der Waals surface area contributed by atoms with E-state index in [2.05, 4.69) is 33.8 Å². The highest BCUT2D eigenvalue weighted by atomic mass is 19.1. The normalized spacial score (nSPS) is 16.1. The molecule has 166 valence electrons. The zero-order chi connectivity index (χ0) is 22.5. The second-order valence-electron chi connectivity index (χ2n) is 8.38. The Bertz CT molecular complexity index is 1090. The minimum Gasteiger partial charge on any atom is -0.481 e. The lowest BCUT2D eigenvalue weighted by Crippen LogP contribution is -2.37. The van der Waals surface area contributed by atoms with Crippen LogP contribution in [0, 0.1) is 18.7 Å². The van der Waals surface area contributed by atoms with Crippen molar-refractivity contribution < 1.29 is 14.3 Å². The zero-order valence-electron chi connectivity index (χ0n) is 18.1. The van der Waals surface area contributed by atoms with Crippen molar-refractivity contribution in [3.63, 3.8) is 0 Å². The number of carboxylic acids is 1. The van der Waals surface area contributed by atoms with Crippen LogP contribution < -0.4 is 10.6 Å². The molecule has 0 amide bonds. The van der Waals surface area contributed by atoms with Gasteiger partial charge >= 0.3 is 5.97 Å². The van der Waals surface area contributed by atoms with Crippen molar-refractivity contribution in [2.24, 2.45) is 5.92 Å². The Balaban J connectivity index is 1.49. The van der Waals surface area contributed by atoms with E-state index in [1.165, 1.54) is 11.6 Å². The molecule has 2 heterocycles. The van der Waals surface area contributed by atoms with Crippen molar-refractivity contribution >= 4 is 11.7 Å². The summed E-state index contributed by atoms with van der Waals surface area (Å²) in [5, 5.41) is 16.3. The minimum absolute atomic E-state index is 0.0888. The van der Waals surface area contributed by atoms with Crippen LogP contribution in [0.15, 0.2) is 60.8 Å². The Morgan fingerprint density at radius 3 is 2.81 bits per heavy atom. The summed E-state index contributed by atoms with van der Waals surface area (Å²) in [6.07, 6.45) is 3.07. The van der Waals surface area contributed by atoms with Crippen molar-refractivity contribution in [1.82, 2.24) is 10.3 Å². The number of hydrogen-bond donors (Lipinski definition) is 3. The van der Waals surface area contributed by atoms with Gasteiger partial charge in [-0.25, -0.2) is 4.39 Å². The van der Waals surface area contributed by atoms with Gasteiger partial charge in [0.25, 0.3) is 0 Å². The number of carboxylic acid groups (broad SMARTS) is 1. The number of rotatable bonds is 8. The third-order valence-corrected chi connectivity index (χ3v) is 6.14. The number of aryl methyl sites for hydroxylation is 1. The molecule has 1 aromatic heterocycles. The summed E-state index contributed by atoms with van der Waals surface area (Å²) in [6.45, 7) is 3.15. The van der Waals surface area contributed by atoms with Gasteiger partial charge in [-0.1, -0.05) is 36.4 Å². The molecule has 3 N–H and O–H groups in total. The molecule has 0 saturated carbocycles. The number of nitrogens with one attached hydrogen (secondary N) is 2. The Labute approximate surface area is 187 Å². The lowest BCUT2D eigenvalue weighted by atomic mass is 9.86. The van der Waals surface area contributed by atoms with Crippen LogP contribution in [-0.4, -0.2) is 29.1 Å². The first-order valence-corrected chi connectivity index (χ1v) is 11.0. The van der Waals surface area contributed by atoms with E-state index in [4.69, 9.17) is 5.11 Å². The van der Waals surface area contributed by atoms with Crippen LogP contribution >= 0.6 is 0 Å². The van der Waals surface area contributed by atoms with Crippen LogP contribution in [0.5, 0.6) is 0 Å². The van der Waals surface area contributed by atoms with Crippen LogP contribution in [0.2, 0.25) is 0 Å². The van der Waals surface area contributed by atoms with Crippen LogP contribution in [0.3, 0.4) is 0 Å². The topological polar surface area (TPSA) is 74.2 Å². The third-order valence-electron chi connectivity index (χ3n) is 6.14. The first kappa shape index (κ1) is 22.0. The summed E-state index contributed by atoms with van der Waals surface area (Å²) < 4.78 is 14.5. The van der Waals surface area contributed by atoms with Crippen molar-refractivity contribution in [2.45, 2.75) is 32.2 Å². The van der Waals surface area contributed by atoms with E-state index < -0.39 is 5.97 Å². The first-order valence-electron chi connectivity index (χ1n) is 11.0. The molecular weight excluding hydrogens is 405 g/mol. The highest BCUT2D eigenvalue weighted by molar-refractivity contribution is 5.70. The predicted molar refractivity (Wildman–Crippen MR) is 123 cm³/mol. The number of carbonyl (C=O) groups is 1. The summed E-state index contributed by atoms with van der Waals surface area (Å²) in [6, 6.07) is 17.5. The molecule has 0 fully saturated rings. The highest BCUT2D eigenvalue weighted by Gasteiger charge is 2.27. The standard InChI is InChI=1S/C26H28FN3O2/c1-17-12-22(27)19(13-20(17)15-25(31)32)9-11-29-26(18-6-3-2-4-7-18)21-14-24-23(30-16-21)8-5-10-28-24/h2-8,10,12-13,21,26,29-30H,9,11,14-16H2,1H3,(H,31,32)/t21-,26-/m1/s1. The molecule has 4 rings (SSSR count). The number of aromatic nitrogens is 1. The Morgan fingerprint density at radius 2 is 2.03 bits per heavy atom. The van der Waals surface area contributed by atoms with E-state index in [9.17, 15) is 9.18 Å². The second kappa shape index (κ2) is 9.92. The van der Waals surface area contributed by atoms with E-state index >= 15 is 0 Å². The summed E-state index contributed by atoms with van der Waals surface area (Å²) in [4.78, 5) is 15.7. The number of nitrogens with zero attached hydrogens (tertiary/aromatic N) is 1. The van der Waals surface area contributed by atoms with E-state index in [-0.39, 0.29) is 18.3 Å².